The number of hydrogen-bond acceptors (Lipinski definition) is 9. The number of aromatic nitrogens is 4. The molecule has 0 aromatic carbocycles. The Morgan fingerprint density at radius 1 is 1.42 bits per heavy atom. The summed E-state index contributed by atoms with van der Waals surface area (Å²) < 4.78 is 71.8. The van der Waals surface area contributed by atoms with E-state index in [9.17, 15) is 26.7 Å². The monoisotopic (exact) mass is 398 g/mol. The normalized spacial score (nSPS) is 24.4. The Labute approximate surface area is 144 Å². The molecule has 3 heterocycles. The Balaban J connectivity index is 1.95. The smallest absolute Gasteiger partial charge is 0.390 e. The zero-order valence-corrected chi connectivity index (χ0v) is 13.6. The summed E-state index contributed by atoms with van der Waals surface area (Å²) >= 11 is 0. The minimum Gasteiger partial charge on any atom is -0.390 e. The van der Waals surface area contributed by atoms with Gasteiger partial charge in [-0.3, -0.25) is 4.18 Å². The maximum absolute atomic E-state index is 13.2. The van der Waals surface area contributed by atoms with Crippen LogP contribution in [-0.2, 0) is 25.4 Å². The van der Waals surface area contributed by atoms with Crippen molar-refractivity contribution < 1.29 is 35.6 Å². The van der Waals surface area contributed by atoms with Crippen molar-refractivity contribution in [2.24, 2.45) is 5.14 Å². The van der Waals surface area contributed by atoms with Gasteiger partial charge in [0.05, 0.1) is 18.1 Å². The average molecular weight is 398 g/mol. The number of anilines is 1. The molecule has 1 fully saturated rings. The van der Waals surface area contributed by atoms with Crippen molar-refractivity contribution in [1.29, 1.82) is 0 Å². The highest BCUT2D eigenvalue weighted by Crippen LogP contribution is 2.38. The number of alkyl halides is 3. The van der Waals surface area contributed by atoms with Gasteiger partial charge in [-0.05, 0) is 0 Å². The lowest BCUT2D eigenvalue weighted by Crippen LogP contribution is -2.30. The molecular weight excluding hydrogens is 385 g/mol. The zero-order valence-electron chi connectivity index (χ0n) is 12.8. The van der Waals surface area contributed by atoms with Crippen LogP contribution in [0, 0.1) is 0 Å². The summed E-state index contributed by atoms with van der Waals surface area (Å²) in [6, 6.07) is 0. The molecule has 15 heteroatoms. The van der Waals surface area contributed by atoms with Crippen LogP contribution < -0.4 is 10.9 Å². The van der Waals surface area contributed by atoms with Crippen molar-refractivity contribution in [2.75, 3.05) is 12.3 Å². The predicted molar refractivity (Wildman–Crippen MR) is 78.3 cm³/mol. The maximum Gasteiger partial charge on any atom is 0.435 e. The molecule has 0 spiro atoms. The van der Waals surface area contributed by atoms with Gasteiger partial charge in [0.15, 0.2) is 17.6 Å². The summed E-state index contributed by atoms with van der Waals surface area (Å²) in [6.45, 7) is -0.612. The number of hydrogen-bond donors (Lipinski definition) is 3. The van der Waals surface area contributed by atoms with E-state index >= 15 is 0 Å². The van der Waals surface area contributed by atoms with E-state index in [2.05, 4.69) is 24.4 Å². The Morgan fingerprint density at radius 3 is 2.73 bits per heavy atom. The van der Waals surface area contributed by atoms with Crippen LogP contribution in [0.3, 0.4) is 0 Å². The van der Waals surface area contributed by atoms with Crippen LogP contribution in [0.15, 0.2) is 6.33 Å². The van der Waals surface area contributed by atoms with Gasteiger partial charge in [-0.15, -0.1) is 0 Å². The maximum atomic E-state index is 13.2. The van der Waals surface area contributed by atoms with Crippen molar-refractivity contribution in [3.8, 4) is 0 Å². The van der Waals surface area contributed by atoms with Gasteiger partial charge in [0.2, 0.25) is 0 Å². The van der Waals surface area contributed by atoms with Crippen molar-refractivity contribution >= 4 is 27.2 Å². The van der Waals surface area contributed by atoms with E-state index in [4.69, 9.17) is 10.5 Å². The second-order valence-corrected chi connectivity index (χ2v) is 6.68. The summed E-state index contributed by atoms with van der Waals surface area (Å²) in [5, 5.41) is 17.6. The lowest BCUT2D eigenvalue weighted by Gasteiger charge is -2.14. The summed E-state index contributed by atoms with van der Waals surface area (Å²) in [4.78, 5) is 7.29. The lowest BCUT2D eigenvalue weighted by atomic mass is 10.2. The first kappa shape index (κ1) is 18.7. The quantitative estimate of drug-likeness (QED) is 0.602. The van der Waals surface area contributed by atoms with E-state index in [0.717, 1.165) is 11.0 Å². The minimum atomic E-state index is -4.82. The number of halogens is 3. The van der Waals surface area contributed by atoms with Crippen LogP contribution in [0.5, 0.6) is 0 Å². The van der Waals surface area contributed by atoms with E-state index in [-0.39, 0.29) is 12.1 Å². The highest BCUT2D eigenvalue weighted by Gasteiger charge is 2.42. The van der Waals surface area contributed by atoms with Gasteiger partial charge in [-0.1, -0.05) is 0 Å². The van der Waals surface area contributed by atoms with Crippen LogP contribution in [0.2, 0.25) is 0 Å². The molecule has 2 aromatic rings. The third kappa shape index (κ3) is 3.56. The topological polar surface area (TPSA) is 168 Å². The second-order valence-electron chi connectivity index (χ2n) is 5.46. The zero-order chi connectivity index (χ0) is 19.3. The average Bonchev–Trinajstić information content (AvgIpc) is 3.05. The molecule has 0 saturated carbocycles. The summed E-state index contributed by atoms with van der Waals surface area (Å²) in [6.07, 6.45) is -7.58. The minimum absolute atomic E-state index is 0.184. The molecule has 0 aliphatic carbocycles. The van der Waals surface area contributed by atoms with Crippen LogP contribution in [-0.4, -0.2) is 52.1 Å². The molecule has 1 saturated heterocycles. The molecule has 2 aromatic heterocycles. The van der Waals surface area contributed by atoms with Crippen LogP contribution in [0.1, 0.15) is 18.3 Å². The molecule has 3 rings (SSSR count). The van der Waals surface area contributed by atoms with Crippen molar-refractivity contribution in [3.63, 3.8) is 0 Å². The molecule has 0 radical (unpaired) electrons. The highest BCUT2D eigenvalue weighted by molar-refractivity contribution is 7.84. The molecule has 5 N–H and O–H groups in total. The Hall–Kier alpha value is -2.07. The van der Waals surface area contributed by atoms with Crippen LogP contribution in [0.25, 0.3) is 11.0 Å². The SMILES string of the molecule is Nc1ncnc2c1c(C(F)(F)F)nn2[C@H]1C[C@H](O)[C@H](COS(N)(=O)=O)O1. The number of rotatable bonds is 4. The molecule has 1 aliphatic heterocycles. The number of aliphatic hydroxyl groups excluding tert-OH is 1. The number of ether oxygens (including phenoxy) is 1. The van der Waals surface area contributed by atoms with E-state index < -0.39 is 58.4 Å². The lowest BCUT2D eigenvalue weighted by molar-refractivity contribution is -0.141. The molecule has 144 valence electrons. The summed E-state index contributed by atoms with van der Waals surface area (Å²) in [5.41, 5.74) is 3.98. The molecule has 3 atom stereocenters. The molecule has 1 aliphatic rings. The standard InChI is InChI=1S/C11H13F3N6O5S/c12-11(13,14)8-7-9(15)17-3-18-10(7)20(19-8)6-1-4(21)5(25-6)2-24-26(16,22)23/h3-6,21H,1-2H2,(H2,15,17,18)(H2,16,22,23)/t4-,5-,6+/m0/s1. The molecular formula is C11H13F3N6O5S. The third-order valence-corrected chi connectivity index (χ3v) is 4.12. The van der Waals surface area contributed by atoms with Gasteiger partial charge >= 0.3 is 16.5 Å². The van der Waals surface area contributed by atoms with E-state index in [1.54, 1.807) is 0 Å². The second kappa shape index (κ2) is 6.27. The number of aliphatic hydroxyl groups is 1. The van der Waals surface area contributed by atoms with Gasteiger partial charge < -0.3 is 15.6 Å². The van der Waals surface area contributed by atoms with Crippen molar-refractivity contribution in [2.45, 2.75) is 31.0 Å². The number of fused-ring (bicyclic) bond motifs is 1. The van der Waals surface area contributed by atoms with Gasteiger partial charge in [0.25, 0.3) is 0 Å². The first-order valence-corrected chi connectivity index (χ1v) is 8.51. The fraction of sp³-hybridized carbons (Fsp3) is 0.545. The molecule has 0 unspecified atom stereocenters. The fourth-order valence-corrected chi connectivity index (χ4v) is 2.89. The largest absolute Gasteiger partial charge is 0.435 e. The number of nitrogens with zero attached hydrogens (tertiary/aromatic N) is 4. The Bertz CT molecular complexity index is 932. The number of nitrogens with two attached hydrogens (primary N) is 2. The third-order valence-electron chi connectivity index (χ3n) is 3.66. The molecule has 0 amide bonds. The van der Waals surface area contributed by atoms with E-state index in [1.165, 1.54) is 0 Å². The first-order chi connectivity index (χ1) is 12.0. The summed E-state index contributed by atoms with van der Waals surface area (Å²) in [7, 11) is -4.27. The molecule has 26 heavy (non-hydrogen) atoms. The molecule has 0 bridgehead atoms. The van der Waals surface area contributed by atoms with Gasteiger partial charge in [-0.2, -0.15) is 26.7 Å². The van der Waals surface area contributed by atoms with Gasteiger partial charge in [-0.25, -0.2) is 19.8 Å². The van der Waals surface area contributed by atoms with Crippen molar-refractivity contribution in [1.82, 2.24) is 19.7 Å². The summed E-state index contributed by atoms with van der Waals surface area (Å²) in [5.74, 6) is -0.416. The van der Waals surface area contributed by atoms with Crippen LogP contribution in [0.4, 0.5) is 19.0 Å². The first-order valence-electron chi connectivity index (χ1n) is 7.04. The Kier molecular flexibility index (Phi) is 4.51. The Morgan fingerprint density at radius 2 is 2.12 bits per heavy atom. The number of nitrogen functional groups attached to an aromatic ring is 1. The van der Waals surface area contributed by atoms with Gasteiger partial charge in [0, 0.05) is 6.42 Å². The van der Waals surface area contributed by atoms with Gasteiger partial charge in [0.1, 0.15) is 18.2 Å². The predicted octanol–water partition coefficient (Wildman–Crippen LogP) is -0.704. The molecule has 11 nitrogen and oxygen atoms in total. The highest BCUT2D eigenvalue weighted by atomic mass is 32.2. The fourth-order valence-electron chi connectivity index (χ4n) is 2.57. The van der Waals surface area contributed by atoms with Crippen LogP contribution >= 0.6 is 0 Å². The van der Waals surface area contributed by atoms with Crippen molar-refractivity contribution in [3.05, 3.63) is 12.0 Å². The van der Waals surface area contributed by atoms with E-state index in [0.29, 0.717) is 0 Å². The van der Waals surface area contributed by atoms with E-state index in [1.807, 2.05) is 0 Å².